The van der Waals surface area contributed by atoms with Gasteiger partial charge in [0.1, 0.15) is 6.04 Å². The molecule has 0 aliphatic carbocycles. The molecule has 6 nitrogen and oxygen atoms in total. The smallest absolute Gasteiger partial charge is 0.248 e. The van der Waals surface area contributed by atoms with Crippen molar-refractivity contribution in [3.05, 3.63) is 54.4 Å². The number of carbonyl (C=O) groups is 1. The van der Waals surface area contributed by atoms with Crippen LogP contribution in [0.15, 0.2) is 48.8 Å². The molecule has 0 aliphatic rings. The van der Waals surface area contributed by atoms with E-state index in [2.05, 4.69) is 10.3 Å². The van der Waals surface area contributed by atoms with Gasteiger partial charge in [0, 0.05) is 6.20 Å². The van der Waals surface area contributed by atoms with E-state index in [-0.39, 0.29) is 0 Å². The molecule has 0 bridgehead atoms. The Labute approximate surface area is 142 Å². The van der Waals surface area contributed by atoms with Gasteiger partial charge in [-0.15, -0.1) is 0 Å². The molecule has 1 amide bonds. The number of carbonyl (C=O) groups excluding carboxylic acids is 1. The van der Waals surface area contributed by atoms with E-state index in [1.54, 1.807) is 43.5 Å². The minimum atomic E-state index is -3.63. The second-order valence-corrected chi connectivity index (χ2v) is 7.41. The number of aromatic nitrogens is 1. The molecule has 2 aromatic rings. The highest BCUT2D eigenvalue weighted by molar-refractivity contribution is 7.92. The molecule has 1 aromatic heterocycles. The minimum absolute atomic E-state index is 0.340. The van der Waals surface area contributed by atoms with Crippen LogP contribution in [-0.2, 0) is 14.8 Å². The molecule has 0 saturated carbocycles. The number of pyridine rings is 1. The molecule has 1 unspecified atom stereocenters. The summed E-state index contributed by atoms with van der Waals surface area (Å²) in [6, 6.07) is 9.65. The number of aryl methyl sites for hydroxylation is 1. The Bertz CT molecular complexity index is 807. The summed E-state index contributed by atoms with van der Waals surface area (Å²) in [5.41, 5.74) is 1.92. The molecule has 0 fully saturated rings. The lowest BCUT2D eigenvalue weighted by Crippen LogP contribution is -2.47. The summed E-state index contributed by atoms with van der Waals surface area (Å²) in [5.74, 6) is -0.391. The second-order valence-electron chi connectivity index (χ2n) is 5.55. The number of benzene rings is 1. The van der Waals surface area contributed by atoms with Gasteiger partial charge in [-0.25, -0.2) is 8.42 Å². The van der Waals surface area contributed by atoms with E-state index >= 15 is 0 Å². The van der Waals surface area contributed by atoms with Crippen LogP contribution in [0.1, 0.15) is 18.9 Å². The zero-order valence-corrected chi connectivity index (χ0v) is 14.7. The largest absolute Gasteiger partial charge is 0.323 e. The lowest BCUT2D eigenvalue weighted by atomic mass is 10.1. The number of amides is 1. The third-order valence-corrected chi connectivity index (χ3v) is 4.69. The van der Waals surface area contributed by atoms with Crippen LogP contribution in [-0.4, -0.2) is 31.6 Å². The second kappa shape index (κ2) is 7.44. The molecule has 1 heterocycles. The fraction of sp³-hybridized carbons (Fsp3) is 0.294. The van der Waals surface area contributed by atoms with Crippen LogP contribution in [0.3, 0.4) is 0 Å². The zero-order valence-electron chi connectivity index (χ0n) is 13.9. The first-order valence-corrected chi connectivity index (χ1v) is 9.44. The molecule has 7 heteroatoms. The molecular weight excluding hydrogens is 326 g/mol. The number of nitrogens with zero attached hydrogens (tertiary/aromatic N) is 2. The van der Waals surface area contributed by atoms with Crippen molar-refractivity contribution in [2.75, 3.05) is 15.9 Å². The molecule has 0 radical (unpaired) electrons. The van der Waals surface area contributed by atoms with E-state index in [1.165, 1.54) is 10.5 Å². The fourth-order valence-corrected chi connectivity index (χ4v) is 3.69. The highest BCUT2D eigenvalue weighted by Gasteiger charge is 2.31. The van der Waals surface area contributed by atoms with Crippen LogP contribution in [0.4, 0.5) is 11.4 Å². The summed E-state index contributed by atoms with van der Waals surface area (Å²) < 4.78 is 25.8. The summed E-state index contributed by atoms with van der Waals surface area (Å²) in [6.07, 6.45) is 4.56. The number of hydrogen-bond acceptors (Lipinski definition) is 4. The Kier molecular flexibility index (Phi) is 5.56. The summed E-state index contributed by atoms with van der Waals surface area (Å²) in [7, 11) is -3.63. The highest BCUT2D eigenvalue weighted by Crippen LogP contribution is 2.24. The SMILES string of the molecule is CCC(C(=O)Nc1cccnc1)N(c1cccc(C)c1)S(C)(=O)=O. The van der Waals surface area contributed by atoms with Gasteiger partial charge in [0.05, 0.1) is 23.8 Å². The van der Waals surface area contributed by atoms with E-state index in [0.29, 0.717) is 17.8 Å². The molecule has 0 spiro atoms. The third kappa shape index (κ3) is 4.32. The summed E-state index contributed by atoms with van der Waals surface area (Å²) in [5, 5.41) is 2.72. The maximum Gasteiger partial charge on any atom is 0.248 e. The molecule has 1 atom stereocenters. The van der Waals surface area contributed by atoms with Crippen LogP contribution in [0.2, 0.25) is 0 Å². The lowest BCUT2D eigenvalue weighted by Gasteiger charge is -2.30. The van der Waals surface area contributed by atoms with Gasteiger partial charge in [-0.2, -0.15) is 0 Å². The monoisotopic (exact) mass is 347 g/mol. The van der Waals surface area contributed by atoms with Crippen LogP contribution in [0.25, 0.3) is 0 Å². The standard InChI is InChI=1S/C17H21N3O3S/c1-4-16(17(21)19-14-8-6-10-18-12-14)20(24(3,22)23)15-9-5-7-13(2)11-15/h5-12,16H,4H2,1-3H3,(H,19,21). The van der Waals surface area contributed by atoms with Gasteiger partial charge >= 0.3 is 0 Å². The van der Waals surface area contributed by atoms with E-state index < -0.39 is 22.0 Å². The summed E-state index contributed by atoms with van der Waals surface area (Å²) >= 11 is 0. The Morgan fingerprint density at radius 2 is 2.04 bits per heavy atom. The average Bonchev–Trinajstić information content (AvgIpc) is 2.52. The quantitative estimate of drug-likeness (QED) is 0.871. The maximum absolute atomic E-state index is 12.6. The highest BCUT2D eigenvalue weighted by atomic mass is 32.2. The summed E-state index contributed by atoms with van der Waals surface area (Å²) in [4.78, 5) is 16.6. The average molecular weight is 347 g/mol. The van der Waals surface area contributed by atoms with E-state index in [4.69, 9.17) is 0 Å². The third-order valence-electron chi connectivity index (χ3n) is 3.51. The molecule has 0 aliphatic heterocycles. The molecule has 1 aromatic carbocycles. The first-order valence-electron chi connectivity index (χ1n) is 7.60. The first kappa shape index (κ1) is 17.9. The Hall–Kier alpha value is -2.41. The Morgan fingerprint density at radius 1 is 1.29 bits per heavy atom. The van der Waals surface area contributed by atoms with Crippen LogP contribution >= 0.6 is 0 Å². The maximum atomic E-state index is 12.6. The molecule has 0 saturated heterocycles. The summed E-state index contributed by atoms with van der Waals surface area (Å²) in [6.45, 7) is 3.65. The Balaban J connectivity index is 2.37. The molecule has 2 rings (SSSR count). The number of rotatable bonds is 6. The van der Waals surface area contributed by atoms with Crippen molar-refractivity contribution in [1.82, 2.24) is 4.98 Å². The minimum Gasteiger partial charge on any atom is -0.323 e. The van der Waals surface area contributed by atoms with E-state index in [9.17, 15) is 13.2 Å². The van der Waals surface area contributed by atoms with Crippen molar-refractivity contribution in [2.45, 2.75) is 26.3 Å². The van der Waals surface area contributed by atoms with Gasteiger partial charge in [0.25, 0.3) is 0 Å². The van der Waals surface area contributed by atoms with Crippen molar-refractivity contribution in [3.63, 3.8) is 0 Å². The first-order chi connectivity index (χ1) is 11.3. The van der Waals surface area contributed by atoms with Crippen molar-refractivity contribution in [1.29, 1.82) is 0 Å². The predicted octanol–water partition coefficient (Wildman–Crippen LogP) is 2.57. The van der Waals surface area contributed by atoms with E-state index in [0.717, 1.165) is 11.8 Å². The molecule has 24 heavy (non-hydrogen) atoms. The Morgan fingerprint density at radius 3 is 2.58 bits per heavy atom. The molecular formula is C17H21N3O3S. The van der Waals surface area contributed by atoms with Gasteiger partial charge < -0.3 is 5.32 Å². The predicted molar refractivity (Wildman–Crippen MR) is 95.4 cm³/mol. The van der Waals surface area contributed by atoms with Crippen LogP contribution < -0.4 is 9.62 Å². The van der Waals surface area contributed by atoms with Gasteiger partial charge in [-0.3, -0.25) is 14.1 Å². The molecule has 128 valence electrons. The van der Waals surface area contributed by atoms with Gasteiger partial charge in [0.2, 0.25) is 15.9 Å². The zero-order chi connectivity index (χ0) is 17.7. The van der Waals surface area contributed by atoms with Crippen molar-refractivity contribution < 1.29 is 13.2 Å². The van der Waals surface area contributed by atoms with Crippen molar-refractivity contribution in [3.8, 4) is 0 Å². The van der Waals surface area contributed by atoms with Gasteiger partial charge in [-0.05, 0) is 43.2 Å². The van der Waals surface area contributed by atoms with E-state index in [1.807, 2.05) is 13.0 Å². The van der Waals surface area contributed by atoms with Crippen LogP contribution in [0, 0.1) is 6.92 Å². The number of anilines is 2. The van der Waals surface area contributed by atoms with Crippen molar-refractivity contribution >= 4 is 27.3 Å². The fourth-order valence-electron chi connectivity index (χ4n) is 2.49. The van der Waals surface area contributed by atoms with Gasteiger partial charge in [-0.1, -0.05) is 19.1 Å². The van der Waals surface area contributed by atoms with Crippen molar-refractivity contribution in [2.24, 2.45) is 0 Å². The number of hydrogen-bond donors (Lipinski definition) is 1. The normalized spacial score (nSPS) is 12.5. The molecule has 1 N–H and O–H groups in total. The topological polar surface area (TPSA) is 79.4 Å². The van der Waals surface area contributed by atoms with Crippen LogP contribution in [0.5, 0.6) is 0 Å². The lowest BCUT2D eigenvalue weighted by molar-refractivity contribution is -0.117. The van der Waals surface area contributed by atoms with Gasteiger partial charge in [0.15, 0.2) is 0 Å². The number of nitrogens with one attached hydrogen (secondary N) is 1. The number of sulfonamides is 1.